The molecule has 0 fully saturated rings. The normalized spacial score (nSPS) is 9.88. The SMILES string of the molecule is N#CCC(=O)Nc1ccc(C(=O)OCc2ccc(F)cc2Cl)cc1. The Labute approximate surface area is 142 Å². The van der Waals surface area contributed by atoms with Crippen LogP contribution in [0.25, 0.3) is 0 Å². The van der Waals surface area contributed by atoms with Crippen molar-refractivity contribution >= 4 is 29.2 Å². The standard InChI is InChI=1S/C17H12ClFN2O3/c18-15-9-13(19)4-1-12(15)10-24-17(23)11-2-5-14(6-3-11)21-16(22)7-8-20/h1-6,9H,7,10H2,(H,21,22). The molecule has 0 aliphatic carbocycles. The zero-order valence-electron chi connectivity index (χ0n) is 12.4. The van der Waals surface area contributed by atoms with Gasteiger partial charge in [-0.1, -0.05) is 17.7 Å². The Morgan fingerprint density at radius 3 is 2.54 bits per heavy atom. The van der Waals surface area contributed by atoms with Crippen LogP contribution in [0.15, 0.2) is 42.5 Å². The highest BCUT2D eigenvalue weighted by atomic mass is 35.5. The van der Waals surface area contributed by atoms with Gasteiger partial charge in [-0.25, -0.2) is 9.18 Å². The second-order valence-electron chi connectivity index (χ2n) is 4.77. The fourth-order valence-corrected chi connectivity index (χ4v) is 2.05. The molecule has 0 aliphatic rings. The van der Waals surface area contributed by atoms with Crippen molar-refractivity contribution in [2.75, 3.05) is 5.32 Å². The number of amides is 1. The van der Waals surface area contributed by atoms with Gasteiger partial charge in [0.15, 0.2) is 0 Å². The molecule has 1 amide bonds. The van der Waals surface area contributed by atoms with Crippen LogP contribution in [0.3, 0.4) is 0 Å². The first-order chi connectivity index (χ1) is 11.5. The van der Waals surface area contributed by atoms with E-state index in [4.69, 9.17) is 21.6 Å². The minimum absolute atomic E-state index is 0.0847. The van der Waals surface area contributed by atoms with Crippen LogP contribution >= 0.6 is 11.6 Å². The Hall–Kier alpha value is -2.91. The number of carbonyl (C=O) groups is 2. The summed E-state index contributed by atoms with van der Waals surface area (Å²) in [6.45, 7) is -0.0847. The van der Waals surface area contributed by atoms with Gasteiger partial charge in [-0.3, -0.25) is 4.79 Å². The lowest BCUT2D eigenvalue weighted by Crippen LogP contribution is -2.10. The van der Waals surface area contributed by atoms with Gasteiger partial charge in [-0.2, -0.15) is 5.26 Å². The molecule has 24 heavy (non-hydrogen) atoms. The van der Waals surface area contributed by atoms with Crippen LogP contribution in [0.5, 0.6) is 0 Å². The van der Waals surface area contributed by atoms with Gasteiger partial charge in [0.05, 0.1) is 16.7 Å². The third-order valence-corrected chi connectivity index (χ3v) is 3.37. The van der Waals surface area contributed by atoms with Crippen molar-refractivity contribution in [1.82, 2.24) is 0 Å². The van der Waals surface area contributed by atoms with E-state index >= 15 is 0 Å². The Bertz CT molecular complexity index is 800. The van der Waals surface area contributed by atoms with Crippen LogP contribution in [0.4, 0.5) is 10.1 Å². The monoisotopic (exact) mass is 346 g/mol. The van der Waals surface area contributed by atoms with Crippen molar-refractivity contribution in [3.05, 3.63) is 64.4 Å². The zero-order valence-corrected chi connectivity index (χ0v) is 13.1. The molecule has 0 aliphatic heterocycles. The zero-order chi connectivity index (χ0) is 17.5. The van der Waals surface area contributed by atoms with Crippen molar-refractivity contribution in [3.63, 3.8) is 0 Å². The number of esters is 1. The summed E-state index contributed by atoms with van der Waals surface area (Å²) in [7, 11) is 0. The molecule has 7 heteroatoms. The van der Waals surface area contributed by atoms with Gasteiger partial charge < -0.3 is 10.1 Å². The number of halogens is 2. The summed E-state index contributed by atoms with van der Waals surface area (Å²) in [5.74, 6) is -1.48. The first-order valence-electron chi connectivity index (χ1n) is 6.87. The van der Waals surface area contributed by atoms with E-state index in [9.17, 15) is 14.0 Å². The molecule has 5 nitrogen and oxygen atoms in total. The number of ether oxygens (including phenoxy) is 1. The molecule has 0 saturated heterocycles. The summed E-state index contributed by atoms with van der Waals surface area (Å²) in [5, 5.41) is 11.1. The lowest BCUT2D eigenvalue weighted by Gasteiger charge is -2.08. The van der Waals surface area contributed by atoms with Gasteiger partial charge in [0.2, 0.25) is 5.91 Å². The number of anilines is 1. The van der Waals surface area contributed by atoms with E-state index in [1.165, 1.54) is 36.4 Å². The molecule has 1 N–H and O–H groups in total. The number of hydrogen-bond donors (Lipinski definition) is 1. The van der Waals surface area contributed by atoms with Crippen LogP contribution in [0.2, 0.25) is 5.02 Å². The first kappa shape index (κ1) is 17.4. The van der Waals surface area contributed by atoms with Gasteiger partial charge in [0.25, 0.3) is 0 Å². The molecule has 0 aromatic heterocycles. The molecule has 0 unspecified atom stereocenters. The summed E-state index contributed by atoms with van der Waals surface area (Å²) in [4.78, 5) is 23.2. The van der Waals surface area contributed by atoms with E-state index in [0.717, 1.165) is 6.07 Å². The number of nitrogens with one attached hydrogen (secondary N) is 1. The Morgan fingerprint density at radius 2 is 1.92 bits per heavy atom. The van der Waals surface area contributed by atoms with Crippen LogP contribution in [0, 0.1) is 17.1 Å². The molecule has 0 atom stereocenters. The summed E-state index contributed by atoms with van der Waals surface area (Å²) in [6.07, 6.45) is -0.248. The first-order valence-corrected chi connectivity index (χ1v) is 7.25. The van der Waals surface area contributed by atoms with E-state index in [1.54, 1.807) is 6.07 Å². The summed E-state index contributed by atoms with van der Waals surface area (Å²) < 4.78 is 18.1. The Kier molecular flexibility index (Phi) is 5.88. The van der Waals surface area contributed by atoms with Crippen LogP contribution in [-0.4, -0.2) is 11.9 Å². The van der Waals surface area contributed by atoms with E-state index in [2.05, 4.69) is 5.32 Å². The van der Waals surface area contributed by atoms with Crippen molar-refractivity contribution in [3.8, 4) is 6.07 Å². The molecular weight excluding hydrogens is 335 g/mol. The topological polar surface area (TPSA) is 79.2 Å². The van der Waals surface area contributed by atoms with Gasteiger partial charge >= 0.3 is 5.97 Å². The average Bonchev–Trinajstić information content (AvgIpc) is 2.54. The number of hydrogen-bond acceptors (Lipinski definition) is 4. The van der Waals surface area contributed by atoms with Crippen molar-refractivity contribution in [1.29, 1.82) is 5.26 Å². The highest BCUT2D eigenvalue weighted by Crippen LogP contribution is 2.19. The fraction of sp³-hybridized carbons (Fsp3) is 0.118. The fourth-order valence-electron chi connectivity index (χ4n) is 1.83. The highest BCUT2D eigenvalue weighted by molar-refractivity contribution is 6.31. The van der Waals surface area contributed by atoms with Crippen LogP contribution in [0.1, 0.15) is 22.3 Å². The van der Waals surface area contributed by atoms with Crippen molar-refractivity contribution in [2.45, 2.75) is 13.0 Å². The van der Waals surface area contributed by atoms with Crippen LogP contribution < -0.4 is 5.32 Å². The van der Waals surface area contributed by atoms with E-state index in [0.29, 0.717) is 11.3 Å². The van der Waals surface area contributed by atoms with Gasteiger partial charge in [-0.15, -0.1) is 0 Å². The lowest BCUT2D eigenvalue weighted by molar-refractivity contribution is -0.115. The minimum atomic E-state index is -0.578. The summed E-state index contributed by atoms with van der Waals surface area (Å²) in [5.41, 5.74) is 1.24. The number of benzene rings is 2. The molecule has 0 radical (unpaired) electrons. The van der Waals surface area contributed by atoms with Gasteiger partial charge in [0.1, 0.15) is 18.8 Å². The summed E-state index contributed by atoms with van der Waals surface area (Å²) in [6, 6.07) is 11.6. The predicted octanol–water partition coefficient (Wildman–Crippen LogP) is 3.69. The second kappa shape index (κ2) is 8.09. The second-order valence-corrected chi connectivity index (χ2v) is 5.18. The third kappa shape index (κ3) is 4.80. The molecule has 122 valence electrons. The largest absolute Gasteiger partial charge is 0.457 e. The molecule has 0 heterocycles. The van der Waals surface area contributed by atoms with Gasteiger partial charge in [0, 0.05) is 11.3 Å². The maximum atomic E-state index is 12.9. The number of nitrogens with zero attached hydrogens (tertiary/aromatic N) is 1. The molecule has 0 bridgehead atoms. The molecule has 2 aromatic carbocycles. The molecular formula is C17H12ClFN2O3. The minimum Gasteiger partial charge on any atom is -0.457 e. The van der Waals surface area contributed by atoms with Crippen molar-refractivity contribution < 1.29 is 18.7 Å². The Morgan fingerprint density at radius 1 is 1.21 bits per heavy atom. The highest BCUT2D eigenvalue weighted by Gasteiger charge is 2.10. The number of rotatable bonds is 5. The maximum Gasteiger partial charge on any atom is 0.338 e. The predicted molar refractivity (Wildman–Crippen MR) is 85.8 cm³/mol. The maximum absolute atomic E-state index is 12.9. The van der Waals surface area contributed by atoms with E-state index in [1.807, 2.05) is 0 Å². The molecule has 2 aromatic rings. The quantitative estimate of drug-likeness (QED) is 0.837. The average molecular weight is 347 g/mol. The van der Waals surface area contributed by atoms with E-state index in [-0.39, 0.29) is 23.6 Å². The number of nitriles is 1. The lowest BCUT2D eigenvalue weighted by atomic mass is 10.2. The smallest absolute Gasteiger partial charge is 0.338 e. The Balaban J connectivity index is 1.95. The van der Waals surface area contributed by atoms with E-state index < -0.39 is 17.7 Å². The molecule has 0 saturated carbocycles. The van der Waals surface area contributed by atoms with Crippen molar-refractivity contribution in [2.24, 2.45) is 0 Å². The number of carbonyl (C=O) groups excluding carboxylic acids is 2. The molecule has 0 spiro atoms. The third-order valence-electron chi connectivity index (χ3n) is 3.02. The van der Waals surface area contributed by atoms with Gasteiger partial charge in [-0.05, 0) is 36.4 Å². The summed E-state index contributed by atoms with van der Waals surface area (Å²) >= 11 is 5.86. The molecule has 2 rings (SSSR count). The van der Waals surface area contributed by atoms with Crippen LogP contribution in [-0.2, 0) is 16.1 Å².